The van der Waals surface area contributed by atoms with Crippen LogP contribution in [0.1, 0.15) is 89.8 Å². The number of aliphatic hydroxyl groups excluding tert-OH is 1. The second-order valence-corrected chi connectivity index (χ2v) is 13.2. The molecule has 0 spiro atoms. The lowest BCUT2D eigenvalue weighted by Crippen LogP contribution is -2.50. The molecule has 188 valence electrons. The van der Waals surface area contributed by atoms with E-state index in [1.807, 2.05) is 12.3 Å². The van der Waals surface area contributed by atoms with Gasteiger partial charge < -0.3 is 5.11 Å². The van der Waals surface area contributed by atoms with Gasteiger partial charge in [0.1, 0.15) is 0 Å². The van der Waals surface area contributed by atoms with Crippen molar-refractivity contribution in [3.8, 4) is 0 Å². The van der Waals surface area contributed by atoms with Gasteiger partial charge in [0, 0.05) is 17.3 Å². The topological polar surface area (TPSA) is 46.0 Å². The van der Waals surface area contributed by atoms with Crippen molar-refractivity contribution in [3.05, 3.63) is 47.3 Å². The second kappa shape index (κ2) is 8.68. The molecule has 1 N–H and O–H groups in total. The van der Waals surface area contributed by atoms with Crippen LogP contribution in [0, 0.1) is 47.3 Å². The molecule has 3 fully saturated rings. The molecule has 3 saturated carbocycles. The summed E-state index contributed by atoms with van der Waals surface area (Å²) in [5.74, 6) is 4.16. The van der Waals surface area contributed by atoms with Crippen molar-refractivity contribution >= 4 is 11.0 Å². The first kappa shape index (κ1) is 23.6. The molecule has 0 radical (unpaired) electrons. The Morgan fingerprint density at radius 3 is 2.83 bits per heavy atom. The monoisotopic (exact) mass is 472 g/mol. The van der Waals surface area contributed by atoms with Crippen molar-refractivity contribution in [1.82, 2.24) is 9.97 Å². The summed E-state index contributed by atoms with van der Waals surface area (Å²) < 4.78 is 0. The highest BCUT2D eigenvalue weighted by molar-refractivity contribution is 5.75. The van der Waals surface area contributed by atoms with Crippen LogP contribution in [-0.4, -0.2) is 21.2 Å². The van der Waals surface area contributed by atoms with Gasteiger partial charge in [0.15, 0.2) is 5.65 Å². The quantitative estimate of drug-likeness (QED) is 0.470. The molecular formula is C32H44N2O. The Morgan fingerprint density at radius 2 is 1.97 bits per heavy atom. The molecule has 2 aromatic rings. The third-order valence-electron chi connectivity index (χ3n) is 11.6. The molecule has 8 atom stereocenters. The summed E-state index contributed by atoms with van der Waals surface area (Å²) in [6.07, 6.45) is 16.7. The van der Waals surface area contributed by atoms with Gasteiger partial charge >= 0.3 is 0 Å². The number of rotatable bonds is 4. The van der Waals surface area contributed by atoms with E-state index < -0.39 is 0 Å². The highest BCUT2D eigenvalue weighted by Crippen LogP contribution is 2.67. The number of allylic oxidation sites excluding steroid dienone is 1. The lowest BCUT2D eigenvalue weighted by Gasteiger charge is -2.58. The van der Waals surface area contributed by atoms with Crippen molar-refractivity contribution in [2.24, 2.45) is 40.4 Å². The molecule has 0 amide bonds. The number of nitrogens with zero attached hydrogens (tertiary/aromatic N) is 2. The van der Waals surface area contributed by atoms with Crippen molar-refractivity contribution < 1.29 is 5.11 Å². The van der Waals surface area contributed by atoms with E-state index in [9.17, 15) is 5.11 Å². The molecule has 4 aliphatic rings. The number of aromatic nitrogens is 2. The summed E-state index contributed by atoms with van der Waals surface area (Å²) in [4.78, 5) is 9.22. The molecule has 0 bridgehead atoms. The van der Waals surface area contributed by atoms with Crippen molar-refractivity contribution in [2.45, 2.75) is 98.0 Å². The van der Waals surface area contributed by atoms with E-state index in [0.717, 1.165) is 60.2 Å². The zero-order valence-electron chi connectivity index (χ0n) is 22.3. The highest BCUT2D eigenvalue weighted by Gasteiger charge is 2.59. The maximum atomic E-state index is 10.3. The van der Waals surface area contributed by atoms with Crippen molar-refractivity contribution in [2.75, 3.05) is 0 Å². The van der Waals surface area contributed by atoms with Gasteiger partial charge in [-0.15, -0.1) is 0 Å². The fraction of sp³-hybridized carbons (Fsp3) is 0.688. The minimum Gasteiger partial charge on any atom is -0.393 e. The van der Waals surface area contributed by atoms with Crippen LogP contribution in [0.15, 0.2) is 36.0 Å². The third kappa shape index (κ3) is 3.79. The Labute approximate surface area is 211 Å². The van der Waals surface area contributed by atoms with Crippen LogP contribution in [0.5, 0.6) is 0 Å². The van der Waals surface area contributed by atoms with Crippen LogP contribution in [-0.2, 0) is 6.42 Å². The SMILES string of the molecule is Cc1nc2ncccc2cc1CC[C@@H](C)[C@H]1CC[C@H]2[C@@H]3CC=C4C[C@H](O)CC[C@]4(C)[C@H]3CC[C@]12C. The van der Waals surface area contributed by atoms with Gasteiger partial charge in [0.2, 0.25) is 0 Å². The van der Waals surface area contributed by atoms with E-state index in [2.05, 4.69) is 50.9 Å². The molecule has 4 aliphatic carbocycles. The van der Waals surface area contributed by atoms with Gasteiger partial charge in [-0.3, -0.25) is 0 Å². The van der Waals surface area contributed by atoms with Gasteiger partial charge in [-0.1, -0.05) is 32.4 Å². The van der Waals surface area contributed by atoms with E-state index in [1.54, 1.807) is 5.57 Å². The van der Waals surface area contributed by atoms with Crippen LogP contribution >= 0.6 is 0 Å². The number of aryl methyl sites for hydroxylation is 2. The summed E-state index contributed by atoms with van der Waals surface area (Å²) in [5.41, 5.74) is 5.86. The summed E-state index contributed by atoms with van der Waals surface area (Å²) in [6, 6.07) is 6.48. The molecule has 0 unspecified atom stereocenters. The van der Waals surface area contributed by atoms with E-state index >= 15 is 0 Å². The lowest BCUT2D eigenvalue weighted by molar-refractivity contribution is -0.0571. The van der Waals surface area contributed by atoms with Crippen LogP contribution in [0.3, 0.4) is 0 Å². The smallest absolute Gasteiger partial charge is 0.159 e. The Balaban J connectivity index is 1.18. The Hall–Kier alpha value is -1.74. The van der Waals surface area contributed by atoms with Crippen molar-refractivity contribution in [3.63, 3.8) is 0 Å². The van der Waals surface area contributed by atoms with Gasteiger partial charge in [0.05, 0.1) is 6.10 Å². The zero-order valence-corrected chi connectivity index (χ0v) is 22.3. The van der Waals surface area contributed by atoms with Gasteiger partial charge in [-0.05, 0) is 135 Å². The average Bonchev–Trinajstić information content (AvgIpc) is 3.20. The standard InChI is InChI=1S/C32H44N2O/c1-20(7-8-22-18-23-6-5-17-33-30(23)34-21(22)2)27-11-12-28-26-10-9-24-19-25(35)13-15-31(24,3)29(26)14-16-32(27,28)4/h5-6,9,17-18,20,25-29,35H,7-8,10-16,19H2,1-4H3/t20-,25-,26+,27-,28+,29+,31+,32-/m1/s1. The molecule has 35 heavy (non-hydrogen) atoms. The first-order valence-electron chi connectivity index (χ1n) is 14.4. The molecule has 6 rings (SSSR count). The van der Waals surface area contributed by atoms with E-state index in [1.165, 1.54) is 55.9 Å². The molecule has 2 heterocycles. The number of fused-ring (bicyclic) bond motifs is 6. The summed E-state index contributed by atoms with van der Waals surface area (Å²) in [5, 5.41) is 11.5. The maximum absolute atomic E-state index is 10.3. The lowest BCUT2D eigenvalue weighted by atomic mass is 9.47. The minimum absolute atomic E-state index is 0.103. The minimum atomic E-state index is -0.103. The molecule has 0 saturated heterocycles. The average molecular weight is 473 g/mol. The molecule has 0 aromatic carbocycles. The number of hydrogen-bond donors (Lipinski definition) is 1. The van der Waals surface area contributed by atoms with Crippen LogP contribution in [0.2, 0.25) is 0 Å². The van der Waals surface area contributed by atoms with E-state index in [0.29, 0.717) is 10.8 Å². The Morgan fingerprint density at radius 1 is 1.11 bits per heavy atom. The molecule has 0 aliphatic heterocycles. The molecule has 2 aromatic heterocycles. The zero-order chi connectivity index (χ0) is 24.4. The van der Waals surface area contributed by atoms with Gasteiger partial charge in [-0.2, -0.15) is 0 Å². The summed E-state index contributed by atoms with van der Waals surface area (Å²) in [7, 11) is 0. The normalized spacial score (nSPS) is 39.5. The van der Waals surface area contributed by atoms with E-state index in [4.69, 9.17) is 4.98 Å². The van der Waals surface area contributed by atoms with Crippen LogP contribution in [0.4, 0.5) is 0 Å². The Kier molecular flexibility index (Phi) is 5.87. The fourth-order valence-electron chi connectivity index (χ4n) is 9.59. The molecule has 3 nitrogen and oxygen atoms in total. The highest BCUT2D eigenvalue weighted by atomic mass is 16.3. The van der Waals surface area contributed by atoms with Gasteiger partial charge in [-0.25, -0.2) is 9.97 Å². The Bertz CT molecular complexity index is 1140. The maximum Gasteiger partial charge on any atom is 0.159 e. The van der Waals surface area contributed by atoms with E-state index in [-0.39, 0.29) is 6.10 Å². The van der Waals surface area contributed by atoms with Crippen LogP contribution in [0.25, 0.3) is 11.0 Å². The molecular weight excluding hydrogens is 428 g/mol. The number of hydrogen-bond acceptors (Lipinski definition) is 3. The first-order chi connectivity index (χ1) is 16.8. The first-order valence-corrected chi connectivity index (χ1v) is 14.4. The third-order valence-corrected chi connectivity index (χ3v) is 11.6. The van der Waals surface area contributed by atoms with Gasteiger partial charge in [0.25, 0.3) is 0 Å². The predicted octanol–water partition coefficient (Wildman–Crippen LogP) is 7.45. The van der Waals surface area contributed by atoms with Crippen molar-refractivity contribution in [1.29, 1.82) is 0 Å². The number of aliphatic hydroxyl groups is 1. The molecule has 3 heteroatoms. The second-order valence-electron chi connectivity index (χ2n) is 13.2. The summed E-state index contributed by atoms with van der Waals surface area (Å²) >= 11 is 0. The fourth-order valence-corrected chi connectivity index (χ4v) is 9.59. The largest absolute Gasteiger partial charge is 0.393 e. The number of pyridine rings is 2. The summed E-state index contributed by atoms with van der Waals surface area (Å²) in [6.45, 7) is 9.91. The van der Waals surface area contributed by atoms with Crippen LogP contribution < -0.4 is 0 Å². The predicted molar refractivity (Wildman–Crippen MR) is 143 cm³/mol.